The zero-order valence-corrected chi connectivity index (χ0v) is 39.9. The van der Waals surface area contributed by atoms with Crippen LogP contribution in [0.2, 0.25) is 0 Å². The van der Waals surface area contributed by atoms with Crippen LogP contribution in [-0.2, 0) is 35.6 Å². The number of rotatable bonds is 10. The molecule has 2 aliphatic heterocycles. The highest BCUT2D eigenvalue weighted by Crippen LogP contribution is 2.48. The van der Waals surface area contributed by atoms with Crippen LogP contribution < -0.4 is 20.1 Å². The Bertz CT molecular complexity index is 2630. The molecule has 0 radical (unpaired) electrons. The lowest BCUT2D eigenvalue weighted by Crippen LogP contribution is -2.58. The van der Waals surface area contributed by atoms with Crippen molar-refractivity contribution in [1.82, 2.24) is 34.8 Å². The number of nitrogens with zero attached hydrogens (tertiary/aromatic N) is 4. The van der Waals surface area contributed by atoms with Gasteiger partial charge in [0.25, 0.3) is 11.9 Å². The summed E-state index contributed by atoms with van der Waals surface area (Å²) in [5.41, 5.74) is 3.36. The maximum absolute atomic E-state index is 14.8. The van der Waals surface area contributed by atoms with Gasteiger partial charge >= 0.3 is 6.09 Å². The second-order valence-electron chi connectivity index (χ2n) is 19.7. The summed E-state index contributed by atoms with van der Waals surface area (Å²) in [5.74, 6) is -2.36. The molecule has 8 rings (SSSR count). The number of benzene rings is 2. The van der Waals surface area contributed by atoms with E-state index in [4.69, 9.17) is 19.4 Å². The van der Waals surface area contributed by atoms with Gasteiger partial charge in [0.15, 0.2) is 0 Å². The van der Waals surface area contributed by atoms with Crippen molar-refractivity contribution in [2.45, 2.75) is 153 Å². The van der Waals surface area contributed by atoms with E-state index in [1.165, 1.54) is 16.0 Å². The summed E-state index contributed by atoms with van der Waals surface area (Å²) in [5, 5.41) is 8.61. The van der Waals surface area contributed by atoms with Crippen LogP contribution in [0, 0.1) is 12.8 Å². The van der Waals surface area contributed by atoms with Crippen molar-refractivity contribution < 1.29 is 37.1 Å². The van der Waals surface area contributed by atoms with Gasteiger partial charge in [-0.2, -0.15) is 4.98 Å². The molecule has 17 heteroatoms. The Morgan fingerprint density at radius 3 is 2.55 bits per heavy atom. The maximum Gasteiger partial charge on any atom is 0.408 e. The molecule has 0 bridgehead atoms. The number of nitrogens with one attached hydrogen (secondary N) is 3. The van der Waals surface area contributed by atoms with Gasteiger partial charge in [0, 0.05) is 35.7 Å². The molecule has 5 unspecified atom stereocenters. The molecule has 4 aromatic rings. The van der Waals surface area contributed by atoms with Crippen molar-refractivity contribution in [3.8, 4) is 16.6 Å². The van der Waals surface area contributed by atoms with E-state index in [1.54, 1.807) is 39.0 Å². The molecule has 15 nitrogen and oxygen atoms in total. The van der Waals surface area contributed by atoms with Gasteiger partial charge in [-0.05, 0) is 105 Å². The highest BCUT2D eigenvalue weighted by atomic mass is 32.2. The minimum atomic E-state index is -4.01. The number of aromatic nitrogens is 3. The van der Waals surface area contributed by atoms with Crippen LogP contribution in [-0.4, -0.2) is 92.3 Å². The molecule has 4 amide bonds. The lowest BCUT2D eigenvalue weighted by Gasteiger charge is -2.30. The highest BCUT2D eigenvalue weighted by Gasteiger charge is 2.63. The van der Waals surface area contributed by atoms with E-state index in [2.05, 4.69) is 51.9 Å². The fourth-order valence-corrected chi connectivity index (χ4v) is 11.1. The molecule has 2 aromatic carbocycles. The van der Waals surface area contributed by atoms with Crippen LogP contribution >= 0.6 is 11.3 Å². The largest absolute Gasteiger partial charge is 0.459 e. The Hall–Kier alpha value is -5.29. The van der Waals surface area contributed by atoms with Gasteiger partial charge in [-0.1, -0.05) is 60.9 Å². The first-order valence-corrected chi connectivity index (χ1v) is 25.2. The van der Waals surface area contributed by atoms with Crippen LogP contribution in [0.15, 0.2) is 60.0 Å². The Morgan fingerprint density at radius 2 is 1.83 bits per heavy atom. The van der Waals surface area contributed by atoms with Gasteiger partial charge in [0.05, 0.1) is 22.5 Å². The number of carbonyl (C=O) groups is 4. The fourth-order valence-electron chi connectivity index (χ4n) is 8.94. The molecule has 4 heterocycles. The third-order valence-corrected chi connectivity index (χ3v) is 16.0. The Balaban J connectivity index is 1.11. The summed E-state index contributed by atoms with van der Waals surface area (Å²) >= 11 is 1.55. The zero-order valence-electron chi connectivity index (χ0n) is 38.3. The summed E-state index contributed by atoms with van der Waals surface area (Å²) < 4.78 is 42.2. The lowest BCUT2D eigenvalue weighted by atomic mass is 10.0. The van der Waals surface area contributed by atoms with Crippen molar-refractivity contribution in [2.24, 2.45) is 5.92 Å². The summed E-state index contributed by atoms with van der Waals surface area (Å²) in [6.45, 7) is 12.9. The first-order chi connectivity index (χ1) is 30.8. The Labute approximate surface area is 385 Å². The molecule has 3 fully saturated rings. The highest BCUT2D eigenvalue weighted by molar-refractivity contribution is 7.91. The number of amides is 4. The minimum absolute atomic E-state index is 0.0262. The minimum Gasteiger partial charge on any atom is -0.459 e. The lowest BCUT2D eigenvalue weighted by molar-refractivity contribution is -0.141. The third-order valence-electron chi connectivity index (χ3n) is 12.9. The van der Waals surface area contributed by atoms with E-state index in [0.717, 1.165) is 34.6 Å². The number of aryl methyl sites for hydroxylation is 1. The van der Waals surface area contributed by atoms with Crippen molar-refractivity contribution in [3.05, 3.63) is 76.8 Å². The van der Waals surface area contributed by atoms with Gasteiger partial charge in [-0.3, -0.25) is 23.7 Å². The number of hydrogen-bond donors (Lipinski definition) is 3. The van der Waals surface area contributed by atoms with Gasteiger partial charge < -0.3 is 25.0 Å². The molecular formula is C48H61N7O8S2. The predicted molar refractivity (Wildman–Crippen MR) is 249 cm³/mol. The van der Waals surface area contributed by atoms with Crippen LogP contribution in [0.1, 0.15) is 122 Å². The molecule has 4 aliphatic rings. The van der Waals surface area contributed by atoms with Crippen LogP contribution in [0.4, 0.5) is 4.79 Å². The summed E-state index contributed by atoms with van der Waals surface area (Å²) in [6, 6.07) is 12.4. The standard InChI is InChI=1S/C48H61N7O8S2/c1-29(2)55-37-20-14-18-35(41-49-33(28-64-41)24-31-16-13-15-30(3)23-31)39(37)51-44(55)62-34-25-38-40(56)52-48(43(58)53-65(60,61)47(7)21-22-47)26-32(48)17-11-9-8-10-12-19-36(42(57)54(38)27-34)50-45(59)63-46(4,5)6/h11,13-18,20,23,28-29,32,34,36,38H,8-10,12,19,21-22,24-27H2,1-7H3,(H,50,59)(H,52,56)(H,53,58). The summed E-state index contributed by atoms with van der Waals surface area (Å²) in [7, 11) is -4.01. The Kier molecular flexibility index (Phi) is 12.7. The monoisotopic (exact) mass is 927 g/mol. The van der Waals surface area contributed by atoms with Crippen molar-refractivity contribution in [2.75, 3.05) is 6.54 Å². The van der Waals surface area contributed by atoms with E-state index < -0.39 is 73.8 Å². The summed E-state index contributed by atoms with van der Waals surface area (Å²) in [6.07, 6.45) is 7.30. The number of fused-ring (bicyclic) bond motifs is 3. The molecule has 65 heavy (non-hydrogen) atoms. The van der Waals surface area contributed by atoms with E-state index in [0.29, 0.717) is 50.1 Å². The van der Waals surface area contributed by atoms with E-state index >= 15 is 0 Å². The number of sulfonamides is 1. The number of alkyl carbamates (subject to hydrolysis) is 1. The number of hydrogen-bond acceptors (Lipinski definition) is 11. The topological polar surface area (TPSA) is 191 Å². The number of carbonyl (C=O) groups excluding carboxylic acids is 4. The first kappa shape index (κ1) is 46.2. The van der Waals surface area contributed by atoms with Gasteiger partial charge in [0.1, 0.15) is 39.9 Å². The molecule has 348 valence electrons. The summed E-state index contributed by atoms with van der Waals surface area (Å²) in [4.78, 5) is 68.2. The SMILES string of the molecule is Cc1cccc(Cc2csc(-c3cccc4c3nc(OC3CC5C(=O)NC6(C(=O)NS(=O)(=O)C7(C)CC7)CC6C=CCCCCCC(NC(=O)OC(C)(C)C)C(=O)N5C3)n4C(C)C)n2)c1. The zero-order chi connectivity index (χ0) is 46.5. The first-order valence-electron chi connectivity index (χ1n) is 22.8. The molecule has 2 aromatic heterocycles. The smallest absolute Gasteiger partial charge is 0.408 e. The van der Waals surface area contributed by atoms with E-state index in [9.17, 15) is 27.6 Å². The molecule has 3 N–H and O–H groups in total. The number of para-hydroxylation sites is 1. The second-order valence-corrected chi connectivity index (χ2v) is 22.8. The van der Waals surface area contributed by atoms with Crippen LogP contribution in [0.25, 0.3) is 21.6 Å². The van der Waals surface area contributed by atoms with Gasteiger partial charge in [-0.15, -0.1) is 11.3 Å². The molecule has 0 spiro atoms. The second kappa shape index (κ2) is 17.8. The number of thiazole rings is 1. The molecule has 2 saturated carbocycles. The average molecular weight is 928 g/mol. The van der Waals surface area contributed by atoms with Gasteiger partial charge in [-0.25, -0.2) is 18.2 Å². The van der Waals surface area contributed by atoms with Crippen LogP contribution in [0.3, 0.4) is 0 Å². The van der Waals surface area contributed by atoms with Crippen molar-refractivity contribution in [3.63, 3.8) is 0 Å². The Morgan fingerprint density at radius 1 is 1.06 bits per heavy atom. The fraction of sp³-hybridized carbons (Fsp3) is 0.542. The van der Waals surface area contributed by atoms with Crippen molar-refractivity contribution >= 4 is 56.2 Å². The molecule has 1 saturated heterocycles. The quantitative estimate of drug-likeness (QED) is 0.136. The predicted octanol–water partition coefficient (Wildman–Crippen LogP) is 7.28. The van der Waals surface area contributed by atoms with Crippen molar-refractivity contribution in [1.29, 1.82) is 0 Å². The average Bonchev–Trinajstić information content (AvgIpc) is 3.92. The number of allylic oxidation sites excluding steroid dienone is 1. The molecular weight excluding hydrogens is 867 g/mol. The third kappa shape index (κ3) is 9.96. The molecule has 2 aliphatic carbocycles. The van der Waals surface area contributed by atoms with E-state index in [-0.39, 0.29) is 25.4 Å². The van der Waals surface area contributed by atoms with E-state index in [1.807, 2.05) is 48.8 Å². The van der Waals surface area contributed by atoms with Crippen LogP contribution in [0.5, 0.6) is 6.01 Å². The normalized spacial score (nSPS) is 24.6. The molecule has 5 atom stereocenters. The number of imidazole rings is 1. The van der Waals surface area contributed by atoms with Gasteiger partial charge in [0.2, 0.25) is 21.8 Å². The number of ether oxygens (including phenoxy) is 2. The maximum atomic E-state index is 14.8.